The molecular formula is C14H16O5. The second kappa shape index (κ2) is 7.20. The van der Waals surface area contributed by atoms with Gasteiger partial charge in [-0.1, -0.05) is 12.1 Å². The smallest absolute Gasteiger partial charge is 0.345 e. The predicted molar refractivity (Wildman–Crippen MR) is 69.3 cm³/mol. The van der Waals surface area contributed by atoms with Gasteiger partial charge in [0.15, 0.2) is 0 Å². The highest BCUT2D eigenvalue weighted by molar-refractivity contribution is 6.17. The van der Waals surface area contributed by atoms with Crippen molar-refractivity contribution in [2.75, 3.05) is 13.2 Å². The first-order valence-electron chi connectivity index (χ1n) is 5.93. The molecule has 5 heteroatoms. The summed E-state index contributed by atoms with van der Waals surface area (Å²) in [6.07, 6.45) is 1.33. The van der Waals surface area contributed by atoms with Crippen LogP contribution in [0.3, 0.4) is 0 Å². The molecule has 0 aromatic heterocycles. The molecule has 0 heterocycles. The number of ether oxygens (including phenoxy) is 2. The minimum Gasteiger partial charge on any atom is -0.508 e. The van der Waals surface area contributed by atoms with E-state index in [1.54, 1.807) is 26.0 Å². The molecule has 19 heavy (non-hydrogen) atoms. The quantitative estimate of drug-likeness (QED) is 0.380. The van der Waals surface area contributed by atoms with E-state index >= 15 is 0 Å². The molecule has 1 N–H and O–H groups in total. The van der Waals surface area contributed by atoms with E-state index in [9.17, 15) is 14.7 Å². The Bertz CT molecular complexity index is 470. The van der Waals surface area contributed by atoms with Crippen LogP contribution in [0.5, 0.6) is 5.75 Å². The monoisotopic (exact) mass is 264 g/mol. The van der Waals surface area contributed by atoms with Gasteiger partial charge in [0.25, 0.3) is 0 Å². The van der Waals surface area contributed by atoms with Gasteiger partial charge in [-0.05, 0) is 37.6 Å². The summed E-state index contributed by atoms with van der Waals surface area (Å²) in [4.78, 5) is 23.4. The lowest BCUT2D eigenvalue weighted by Gasteiger charge is -2.06. The van der Waals surface area contributed by atoms with Gasteiger partial charge in [-0.25, -0.2) is 9.59 Å². The van der Waals surface area contributed by atoms with E-state index in [0.717, 1.165) is 0 Å². The highest BCUT2D eigenvalue weighted by Crippen LogP contribution is 2.15. The summed E-state index contributed by atoms with van der Waals surface area (Å²) in [5, 5.41) is 9.35. The molecule has 1 aromatic rings. The minimum absolute atomic E-state index is 0.0424. The molecule has 0 aliphatic heterocycles. The van der Waals surface area contributed by atoms with Crippen molar-refractivity contribution in [3.8, 4) is 5.75 Å². The van der Waals surface area contributed by atoms with Crippen LogP contribution < -0.4 is 0 Å². The average molecular weight is 264 g/mol. The highest BCUT2D eigenvalue weighted by Gasteiger charge is 2.20. The van der Waals surface area contributed by atoms with Gasteiger partial charge >= 0.3 is 11.9 Å². The van der Waals surface area contributed by atoms with Gasteiger partial charge in [0.2, 0.25) is 0 Å². The fraction of sp³-hybridized carbons (Fsp3) is 0.286. The number of carbonyl (C=O) groups excluding carboxylic acids is 2. The molecule has 0 atom stereocenters. The van der Waals surface area contributed by atoms with Crippen molar-refractivity contribution < 1.29 is 24.2 Å². The Kier molecular flexibility index (Phi) is 5.60. The summed E-state index contributed by atoms with van der Waals surface area (Å²) in [6, 6.07) is 6.18. The van der Waals surface area contributed by atoms with Crippen LogP contribution >= 0.6 is 0 Å². The zero-order chi connectivity index (χ0) is 14.3. The Morgan fingerprint density at radius 3 is 2.21 bits per heavy atom. The number of phenolic OH excluding ortho intramolecular Hbond substituents is 1. The molecule has 5 nitrogen and oxygen atoms in total. The summed E-state index contributed by atoms with van der Waals surface area (Å²) in [6.45, 7) is 3.62. The van der Waals surface area contributed by atoms with E-state index in [-0.39, 0.29) is 24.5 Å². The van der Waals surface area contributed by atoms with Gasteiger partial charge in [-0.3, -0.25) is 0 Å². The van der Waals surface area contributed by atoms with Crippen LogP contribution in [0.4, 0.5) is 0 Å². The number of hydrogen-bond donors (Lipinski definition) is 1. The lowest BCUT2D eigenvalue weighted by molar-refractivity contribution is -0.146. The first-order valence-corrected chi connectivity index (χ1v) is 5.93. The first kappa shape index (κ1) is 14.8. The Hall–Kier alpha value is -2.30. The maximum atomic E-state index is 11.7. The molecule has 1 rings (SSSR count). The molecule has 0 fully saturated rings. The van der Waals surface area contributed by atoms with Crippen LogP contribution in [0.2, 0.25) is 0 Å². The van der Waals surface area contributed by atoms with Crippen molar-refractivity contribution in [3.63, 3.8) is 0 Å². The number of rotatable bonds is 5. The van der Waals surface area contributed by atoms with Gasteiger partial charge in [0.05, 0.1) is 13.2 Å². The van der Waals surface area contributed by atoms with Crippen LogP contribution in [0.25, 0.3) is 6.08 Å². The Morgan fingerprint density at radius 1 is 1.16 bits per heavy atom. The van der Waals surface area contributed by atoms with Crippen molar-refractivity contribution in [2.24, 2.45) is 0 Å². The van der Waals surface area contributed by atoms with Crippen molar-refractivity contribution in [3.05, 3.63) is 35.4 Å². The number of carbonyl (C=O) groups is 2. The molecule has 0 aliphatic rings. The van der Waals surface area contributed by atoms with Gasteiger partial charge in [0.1, 0.15) is 11.3 Å². The Labute approximate surface area is 111 Å². The summed E-state index contributed by atoms with van der Waals surface area (Å²) in [7, 11) is 0. The Balaban J connectivity index is 3.08. The van der Waals surface area contributed by atoms with Crippen LogP contribution in [0.15, 0.2) is 29.8 Å². The fourth-order valence-corrected chi connectivity index (χ4v) is 1.40. The molecule has 0 spiro atoms. The summed E-state index contributed by atoms with van der Waals surface area (Å²) in [5.74, 6) is -1.45. The first-order chi connectivity index (χ1) is 9.08. The minimum atomic E-state index is -0.746. The number of esters is 2. The van der Waals surface area contributed by atoms with E-state index in [0.29, 0.717) is 5.56 Å². The van der Waals surface area contributed by atoms with Crippen molar-refractivity contribution >= 4 is 18.0 Å². The van der Waals surface area contributed by atoms with Gasteiger partial charge in [-0.15, -0.1) is 0 Å². The molecule has 0 unspecified atom stereocenters. The van der Waals surface area contributed by atoms with Crippen LogP contribution in [0, 0.1) is 0 Å². The number of hydrogen-bond acceptors (Lipinski definition) is 5. The van der Waals surface area contributed by atoms with E-state index in [2.05, 4.69) is 0 Å². The van der Waals surface area contributed by atoms with Crippen molar-refractivity contribution in [2.45, 2.75) is 13.8 Å². The third-order valence-corrected chi connectivity index (χ3v) is 2.17. The van der Waals surface area contributed by atoms with Crippen molar-refractivity contribution in [1.82, 2.24) is 0 Å². The molecule has 0 saturated carbocycles. The number of benzene rings is 1. The third kappa shape index (κ3) is 4.46. The van der Waals surface area contributed by atoms with E-state index in [1.807, 2.05) is 0 Å². The van der Waals surface area contributed by atoms with Crippen LogP contribution in [-0.4, -0.2) is 30.3 Å². The van der Waals surface area contributed by atoms with Crippen molar-refractivity contribution in [1.29, 1.82) is 0 Å². The van der Waals surface area contributed by atoms with E-state index in [4.69, 9.17) is 9.47 Å². The SMILES string of the molecule is CCOC(=O)C(=Cc1cccc(O)c1)C(=O)OCC. The zero-order valence-electron chi connectivity index (χ0n) is 10.9. The number of aromatic hydroxyl groups is 1. The maximum Gasteiger partial charge on any atom is 0.345 e. The standard InChI is InChI=1S/C14H16O5/c1-3-18-13(16)12(14(17)19-4-2)9-10-6-5-7-11(15)8-10/h5-9,15H,3-4H2,1-2H3. The summed E-state index contributed by atoms with van der Waals surface area (Å²) < 4.78 is 9.61. The van der Waals surface area contributed by atoms with Gasteiger partial charge in [0, 0.05) is 0 Å². The molecule has 102 valence electrons. The molecule has 0 bridgehead atoms. The zero-order valence-corrected chi connectivity index (χ0v) is 10.9. The average Bonchev–Trinajstić information content (AvgIpc) is 2.36. The van der Waals surface area contributed by atoms with Gasteiger partial charge in [-0.2, -0.15) is 0 Å². The molecule has 0 amide bonds. The summed E-state index contributed by atoms with van der Waals surface area (Å²) in [5.41, 5.74) is 0.311. The van der Waals surface area contributed by atoms with E-state index < -0.39 is 11.9 Å². The molecule has 0 saturated heterocycles. The lowest BCUT2D eigenvalue weighted by Crippen LogP contribution is -2.18. The molecular weight excluding hydrogens is 248 g/mol. The second-order valence-corrected chi connectivity index (χ2v) is 3.59. The number of phenols is 1. The van der Waals surface area contributed by atoms with Gasteiger partial charge < -0.3 is 14.6 Å². The second-order valence-electron chi connectivity index (χ2n) is 3.59. The van der Waals surface area contributed by atoms with Crippen LogP contribution in [-0.2, 0) is 19.1 Å². The lowest BCUT2D eigenvalue weighted by atomic mass is 10.1. The fourth-order valence-electron chi connectivity index (χ4n) is 1.40. The highest BCUT2D eigenvalue weighted by atomic mass is 16.6. The third-order valence-electron chi connectivity index (χ3n) is 2.17. The Morgan fingerprint density at radius 2 is 1.74 bits per heavy atom. The topological polar surface area (TPSA) is 72.8 Å². The largest absolute Gasteiger partial charge is 0.508 e. The predicted octanol–water partition coefficient (Wildman–Crippen LogP) is 1.90. The molecule has 0 radical (unpaired) electrons. The maximum absolute atomic E-state index is 11.7. The molecule has 1 aromatic carbocycles. The normalized spacial score (nSPS) is 9.58. The summed E-state index contributed by atoms with van der Waals surface area (Å²) >= 11 is 0. The molecule has 0 aliphatic carbocycles. The van der Waals surface area contributed by atoms with Crippen LogP contribution in [0.1, 0.15) is 19.4 Å². The van der Waals surface area contributed by atoms with E-state index in [1.165, 1.54) is 18.2 Å².